The Morgan fingerprint density at radius 2 is 1.94 bits per heavy atom. The van der Waals surface area contributed by atoms with E-state index in [1.165, 1.54) is 16.9 Å². The zero-order valence-electron chi connectivity index (χ0n) is 17.8. The molecule has 8 heteroatoms. The Bertz CT molecular complexity index is 1080. The van der Waals surface area contributed by atoms with Crippen molar-refractivity contribution in [1.82, 2.24) is 4.90 Å². The van der Waals surface area contributed by atoms with E-state index in [4.69, 9.17) is 21.7 Å². The Kier molecular flexibility index (Phi) is 7.82. The first kappa shape index (κ1) is 23.7. The van der Waals surface area contributed by atoms with Crippen LogP contribution in [0.25, 0.3) is 6.08 Å². The van der Waals surface area contributed by atoms with Crippen LogP contribution in [0.15, 0.2) is 65.3 Å². The molecule has 0 radical (unpaired) electrons. The van der Waals surface area contributed by atoms with E-state index in [0.29, 0.717) is 23.6 Å². The number of ether oxygens (including phenoxy) is 2. The van der Waals surface area contributed by atoms with E-state index >= 15 is 0 Å². The fourth-order valence-corrected chi connectivity index (χ4v) is 3.92. The largest absolute Gasteiger partial charge is 0.489 e. The summed E-state index contributed by atoms with van der Waals surface area (Å²) in [5.41, 5.74) is 2.69. The van der Waals surface area contributed by atoms with E-state index in [1.807, 2.05) is 36.4 Å². The van der Waals surface area contributed by atoms with Gasteiger partial charge in [0.1, 0.15) is 24.6 Å². The number of amides is 1. The number of methoxy groups -OCH3 is 1. The highest BCUT2D eigenvalue weighted by molar-refractivity contribution is 9.10. The van der Waals surface area contributed by atoms with Crippen molar-refractivity contribution in [3.05, 3.63) is 76.4 Å². The lowest BCUT2D eigenvalue weighted by Crippen LogP contribution is -2.35. The van der Waals surface area contributed by atoms with E-state index in [1.54, 1.807) is 18.2 Å². The summed E-state index contributed by atoms with van der Waals surface area (Å²) in [6, 6.07) is 13.1. The third kappa shape index (κ3) is 5.08. The van der Waals surface area contributed by atoms with Gasteiger partial charge in [-0.1, -0.05) is 47.6 Å². The minimum absolute atomic E-state index is 0.187. The van der Waals surface area contributed by atoms with Crippen molar-refractivity contribution in [2.75, 3.05) is 25.2 Å². The molecule has 1 heterocycles. The van der Waals surface area contributed by atoms with Crippen LogP contribution < -0.4 is 9.64 Å². The standard InChI is InChI=1S/C24H23BrN2O4S/c1-4-12-31-21-11-8-18(25)13-17(21)14-20-23(29)27(19-9-6-16(5-2)7-10-19)24(32)26(20)15-22(28)30-3/h4,6-11,13-14H,1,5,12,15H2,2-3H3/b20-14-. The van der Waals surface area contributed by atoms with Gasteiger partial charge >= 0.3 is 5.97 Å². The molecule has 0 spiro atoms. The Balaban J connectivity index is 2.08. The number of nitrogens with zero attached hydrogens (tertiary/aromatic N) is 2. The number of benzene rings is 2. The van der Waals surface area contributed by atoms with Crippen LogP contribution in [0.2, 0.25) is 0 Å². The average Bonchev–Trinajstić information content (AvgIpc) is 3.02. The molecule has 0 aliphatic carbocycles. The van der Waals surface area contributed by atoms with Crippen molar-refractivity contribution in [1.29, 1.82) is 0 Å². The third-order valence-electron chi connectivity index (χ3n) is 4.87. The molecule has 0 bridgehead atoms. The lowest BCUT2D eigenvalue weighted by Gasteiger charge is -2.19. The van der Waals surface area contributed by atoms with Gasteiger partial charge in [0, 0.05) is 10.0 Å². The zero-order valence-corrected chi connectivity index (χ0v) is 20.2. The quantitative estimate of drug-likeness (QED) is 0.220. The summed E-state index contributed by atoms with van der Waals surface area (Å²) in [5.74, 6) is -0.271. The Morgan fingerprint density at radius 3 is 2.56 bits per heavy atom. The lowest BCUT2D eigenvalue weighted by molar-refractivity contribution is -0.140. The van der Waals surface area contributed by atoms with Crippen LogP contribution in [0, 0.1) is 0 Å². The Hall–Kier alpha value is -2.97. The van der Waals surface area contributed by atoms with Crippen molar-refractivity contribution < 1.29 is 19.1 Å². The summed E-state index contributed by atoms with van der Waals surface area (Å²) in [5, 5.41) is 0.208. The molecule has 0 aromatic heterocycles. The van der Waals surface area contributed by atoms with Gasteiger partial charge in [0.15, 0.2) is 5.11 Å². The van der Waals surface area contributed by atoms with E-state index in [0.717, 1.165) is 16.5 Å². The van der Waals surface area contributed by atoms with Crippen LogP contribution >= 0.6 is 28.1 Å². The molecule has 2 aromatic rings. The third-order valence-corrected chi connectivity index (χ3v) is 5.77. The van der Waals surface area contributed by atoms with E-state index in [9.17, 15) is 9.59 Å². The first-order valence-electron chi connectivity index (χ1n) is 9.96. The maximum Gasteiger partial charge on any atom is 0.325 e. The van der Waals surface area contributed by atoms with Crippen LogP contribution in [-0.4, -0.2) is 42.2 Å². The number of carbonyl (C=O) groups excluding carboxylic acids is 2. The number of hydrogen-bond acceptors (Lipinski definition) is 5. The molecule has 0 unspecified atom stereocenters. The maximum atomic E-state index is 13.5. The smallest absolute Gasteiger partial charge is 0.325 e. The minimum atomic E-state index is -0.508. The summed E-state index contributed by atoms with van der Waals surface area (Å²) < 4.78 is 11.4. The van der Waals surface area contributed by atoms with Gasteiger partial charge in [0.2, 0.25) is 0 Å². The maximum absolute atomic E-state index is 13.5. The van der Waals surface area contributed by atoms with Gasteiger partial charge in [-0.25, -0.2) is 0 Å². The van der Waals surface area contributed by atoms with Crippen molar-refractivity contribution in [2.45, 2.75) is 13.3 Å². The predicted molar refractivity (Wildman–Crippen MR) is 132 cm³/mol. The van der Waals surface area contributed by atoms with Crippen LogP contribution in [0.1, 0.15) is 18.1 Å². The second kappa shape index (κ2) is 10.6. The second-order valence-electron chi connectivity index (χ2n) is 6.92. The summed E-state index contributed by atoms with van der Waals surface area (Å²) >= 11 is 9.05. The molecule has 0 atom stereocenters. The van der Waals surface area contributed by atoms with Crippen LogP contribution in [-0.2, 0) is 20.7 Å². The lowest BCUT2D eigenvalue weighted by atomic mass is 10.1. The predicted octanol–water partition coefficient (Wildman–Crippen LogP) is 4.72. The van der Waals surface area contributed by atoms with Crippen molar-refractivity contribution in [3.8, 4) is 5.75 Å². The van der Waals surface area contributed by atoms with Crippen molar-refractivity contribution in [3.63, 3.8) is 0 Å². The molecule has 1 fully saturated rings. The molecule has 1 aliphatic rings. The summed E-state index contributed by atoms with van der Waals surface area (Å²) in [6.07, 6.45) is 4.19. The molecule has 0 N–H and O–H groups in total. The highest BCUT2D eigenvalue weighted by Gasteiger charge is 2.40. The molecular formula is C24H23BrN2O4S. The first-order chi connectivity index (χ1) is 15.4. The molecule has 1 amide bonds. The van der Waals surface area contributed by atoms with Crippen LogP contribution in [0.3, 0.4) is 0 Å². The topological polar surface area (TPSA) is 59.1 Å². The van der Waals surface area contributed by atoms with Crippen LogP contribution in [0.5, 0.6) is 5.75 Å². The number of halogens is 1. The van der Waals surface area contributed by atoms with Gasteiger partial charge in [-0.2, -0.15) is 0 Å². The van der Waals surface area contributed by atoms with Crippen LogP contribution in [0.4, 0.5) is 5.69 Å². The first-order valence-corrected chi connectivity index (χ1v) is 11.2. The Labute approximate surface area is 201 Å². The molecular weight excluding hydrogens is 492 g/mol. The highest BCUT2D eigenvalue weighted by atomic mass is 79.9. The monoisotopic (exact) mass is 514 g/mol. The minimum Gasteiger partial charge on any atom is -0.489 e. The zero-order chi connectivity index (χ0) is 23.3. The molecule has 0 saturated carbocycles. The fourth-order valence-electron chi connectivity index (χ4n) is 3.19. The van der Waals surface area contributed by atoms with Gasteiger partial charge in [0.05, 0.1) is 12.8 Å². The number of aryl methyl sites for hydroxylation is 1. The van der Waals surface area contributed by atoms with Gasteiger partial charge in [0.25, 0.3) is 5.91 Å². The number of anilines is 1. The number of esters is 1. The molecule has 3 rings (SSSR count). The summed E-state index contributed by atoms with van der Waals surface area (Å²) in [6.45, 7) is 5.85. The number of rotatable bonds is 8. The summed E-state index contributed by atoms with van der Waals surface area (Å²) in [4.78, 5) is 28.5. The summed E-state index contributed by atoms with van der Waals surface area (Å²) in [7, 11) is 1.30. The SMILES string of the molecule is C=CCOc1ccc(Br)cc1/C=C1/C(=O)N(c2ccc(CC)cc2)C(=S)N1CC(=O)OC. The normalized spacial score (nSPS) is 14.8. The van der Waals surface area contributed by atoms with Gasteiger partial charge in [-0.3, -0.25) is 14.5 Å². The van der Waals surface area contributed by atoms with Gasteiger partial charge < -0.3 is 14.4 Å². The molecule has 2 aromatic carbocycles. The fraction of sp³-hybridized carbons (Fsp3) is 0.208. The van der Waals surface area contributed by atoms with E-state index in [2.05, 4.69) is 29.4 Å². The Morgan fingerprint density at radius 1 is 1.22 bits per heavy atom. The molecule has 6 nitrogen and oxygen atoms in total. The van der Waals surface area contributed by atoms with Crippen molar-refractivity contribution >= 4 is 56.9 Å². The second-order valence-corrected chi connectivity index (χ2v) is 8.20. The van der Waals surface area contributed by atoms with E-state index in [-0.39, 0.29) is 23.3 Å². The van der Waals surface area contributed by atoms with Gasteiger partial charge in [-0.05, 0) is 60.6 Å². The average molecular weight is 515 g/mol. The molecule has 1 aliphatic heterocycles. The number of thiocarbonyl (C=S) groups is 1. The number of hydrogen-bond donors (Lipinski definition) is 0. The number of carbonyl (C=O) groups is 2. The molecule has 1 saturated heterocycles. The highest BCUT2D eigenvalue weighted by Crippen LogP contribution is 2.32. The molecule has 166 valence electrons. The van der Waals surface area contributed by atoms with Crippen molar-refractivity contribution in [2.24, 2.45) is 0 Å². The van der Waals surface area contributed by atoms with Gasteiger partial charge in [-0.15, -0.1) is 0 Å². The van der Waals surface area contributed by atoms with E-state index < -0.39 is 5.97 Å². The molecule has 32 heavy (non-hydrogen) atoms.